The van der Waals surface area contributed by atoms with Crippen LogP contribution in [0.15, 0.2) is 30.3 Å². The first kappa shape index (κ1) is 37.2. The first-order chi connectivity index (χ1) is 20.0. The van der Waals surface area contributed by atoms with E-state index in [-0.39, 0.29) is 5.91 Å². The second-order valence-corrected chi connectivity index (χ2v) is 12.9. The second kappa shape index (κ2) is 25.9. The van der Waals surface area contributed by atoms with Gasteiger partial charge in [-0.2, -0.15) is 0 Å². The Morgan fingerprint density at radius 1 is 0.659 bits per heavy atom. The van der Waals surface area contributed by atoms with E-state index < -0.39 is 0 Å². The molecule has 0 atom stereocenters. The molecule has 0 fully saturated rings. The number of ether oxygens (including phenoxy) is 1. The Hall–Kier alpha value is -1.81. The summed E-state index contributed by atoms with van der Waals surface area (Å²) in [5.74, 6) is 0.794. The van der Waals surface area contributed by atoms with Crippen LogP contribution in [0.1, 0.15) is 147 Å². The van der Waals surface area contributed by atoms with Gasteiger partial charge in [-0.05, 0) is 36.6 Å². The number of benzene rings is 1. The SMILES string of the molecule is CCCCCCCCCCCCCCCCCCCCCC[N+](C)(C)CCCNC(=O)/C=C/c1ccc(OC)cc1. The fourth-order valence-corrected chi connectivity index (χ4v) is 5.57. The third kappa shape index (κ3) is 23.4. The maximum atomic E-state index is 12.1. The normalized spacial score (nSPS) is 11.8. The summed E-state index contributed by atoms with van der Waals surface area (Å²) < 4.78 is 6.20. The molecule has 41 heavy (non-hydrogen) atoms. The first-order valence-corrected chi connectivity index (χ1v) is 17.4. The second-order valence-electron chi connectivity index (χ2n) is 12.9. The molecule has 0 aliphatic carbocycles. The molecule has 1 aromatic rings. The van der Waals surface area contributed by atoms with Crippen LogP contribution in [-0.4, -0.2) is 51.2 Å². The maximum absolute atomic E-state index is 12.1. The standard InChI is InChI=1S/C37H66N2O2/c1-5-6-7-8-9-10-11-12-13-14-15-16-17-18-19-20-21-22-23-24-33-39(2,3)34-25-32-38-37(40)31-28-35-26-29-36(41-4)30-27-35/h26-31H,5-25,32-34H2,1-4H3/p+1/b31-28+. The molecular formula is C37H67N2O2+. The molecular weight excluding hydrogens is 504 g/mol. The number of hydrogen-bond donors (Lipinski definition) is 1. The molecule has 0 radical (unpaired) electrons. The number of nitrogens with zero attached hydrogens (tertiary/aromatic N) is 1. The Kier molecular flexibility index (Phi) is 23.5. The highest BCUT2D eigenvalue weighted by Gasteiger charge is 2.13. The van der Waals surface area contributed by atoms with E-state index in [0.29, 0.717) is 0 Å². The van der Waals surface area contributed by atoms with Crippen LogP contribution in [0.3, 0.4) is 0 Å². The monoisotopic (exact) mass is 572 g/mol. The highest BCUT2D eigenvalue weighted by molar-refractivity contribution is 5.91. The molecule has 0 unspecified atom stereocenters. The Labute approximate surface area is 255 Å². The third-order valence-electron chi connectivity index (χ3n) is 8.40. The Bertz CT molecular complexity index is 757. The van der Waals surface area contributed by atoms with Gasteiger partial charge in [-0.3, -0.25) is 4.79 Å². The van der Waals surface area contributed by atoms with Crippen molar-refractivity contribution in [3.63, 3.8) is 0 Å². The van der Waals surface area contributed by atoms with Gasteiger partial charge in [-0.1, -0.05) is 135 Å². The van der Waals surface area contributed by atoms with E-state index >= 15 is 0 Å². The molecule has 0 heterocycles. The van der Waals surface area contributed by atoms with E-state index in [2.05, 4.69) is 26.3 Å². The summed E-state index contributed by atoms with van der Waals surface area (Å²) in [4.78, 5) is 12.1. The predicted octanol–water partition coefficient (Wildman–Crippen LogP) is 10.1. The average Bonchev–Trinajstić information content (AvgIpc) is 2.97. The van der Waals surface area contributed by atoms with Crippen LogP contribution < -0.4 is 10.1 Å². The third-order valence-corrected chi connectivity index (χ3v) is 8.40. The Morgan fingerprint density at radius 2 is 1.07 bits per heavy atom. The minimum Gasteiger partial charge on any atom is -0.497 e. The number of unbranched alkanes of at least 4 members (excludes halogenated alkanes) is 19. The lowest BCUT2D eigenvalue weighted by Crippen LogP contribution is -2.42. The van der Waals surface area contributed by atoms with Crippen molar-refractivity contribution in [2.75, 3.05) is 40.8 Å². The van der Waals surface area contributed by atoms with Crippen molar-refractivity contribution in [1.29, 1.82) is 0 Å². The van der Waals surface area contributed by atoms with E-state index in [1.54, 1.807) is 13.2 Å². The molecule has 0 bridgehead atoms. The van der Waals surface area contributed by atoms with Crippen LogP contribution in [0, 0.1) is 0 Å². The molecule has 4 heteroatoms. The van der Waals surface area contributed by atoms with Gasteiger partial charge in [0.2, 0.25) is 5.91 Å². The first-order valence-electron chi connectivity index (χ1n) is 17.4. The predicted molar refractivity (Wildman–Crippen MR) is 180 cm³/mol. The van der Waals surface area contributed by atoms with E-state index in [1.807, 2.05) is 30.3 Å². The summed E-state index contributed by atoms with van der Waals surface area (Å²) in [6, 6.07) is 7.70. The van der Waals surface area contributed by atoms with Gasteiger partial charge in [0.05, 0.1) is 34.3 Å². The number of carbonyl (C=O) groups is 1. The number of hydrogen-bond acceptors (Lipinski definition) is 2. The lowest BCUT2D eigenvalue weighted by Gasteiger charge is -2.30. The van der Waals surface area contributed by atoms with Gasteiger partial charge in [-0.15, -0.1) is 0 Å². The fraction of sp³-hybridized carbons (Fsp3) is 0.757. The van der Waals surface area contributed by atoms with Gasteiger partial charge in [0.1, 0.15) is 5.75 Å². The Balaban J connectivity index is 1.86. The summed E-state index contributed by atoms with van der Waals surface area (Å²) in [5.41, 5.74) is 0.994. The molecule has 236 valence electrons. The zero-order valence-electron chi connectivity index (χ0n) is 27.7. The molecule has 0 spiro atoms. The molecule has 0 saturated heterocycles. The van der Waals surface area contributed by atoms with E-state index in [9.17, 15) is 4.79 Å². The summed E-state index contributed by atoms with van der Waals surface area (Å²) in [6.45, 7) is 5.35. The van der Waals surface area contributed by atoms with Crippen LogP contribution >= 0.6 is 0 Å². The van der Waals surface area contributed by atoms with Crippen molar-refractivity contribution in [2.45, 2.75) is 142 Å². The van der Waals surface area contributed by atoms with Crippen LogP contribution in [0.5, 0.6) is 5.75 Å². The minimum atomic E-state index is -0.0276. The van der Waals surface area contributed by atoms with Crippen LogP contribution in [0.2, 0.25) is 0 Å². The number of amides is 1. The van der Waals surface area contributed by atoms with Crippen LogP contribution in [-0.2, 0) is 4.79 Å². The number of nitrogens with one attached hydrogen (secondary N) is 1. The molecule has 1 N–H and O–H groups in total. The van der Waals surface area contributed by atoms with Crippen molar-refractivity contribution in [3.05, 3.63) is 35.9 Å². The van der Waals surface area contributed by atoms with Crippen molar-refractivity contribution < 1.29 is 14.0 Å². The topological polar surface area (TPSA) is 38.3 Å². The van der Waals surface area contributed by atoms with Gasteiger partial charge in [-0.25, -0.2) is 0 Å². The molecule has 0 aliphatic heterocycles. The van der Waals surface area contributed by atoms with E-state index in [4.69, 9.17) is 4.74 Å². The van der Waals surface area contributed by atoms with Crippen LogP contribution in [0.4, 0.5) is 0 Å². The summed E-state index contributed by atoms with van der Waals surface area (Å²) >= 11 is 0. The van der Waals surface area contributed by atoms with Gasteiger partial charge in [0.15, 0.2) is 0 Å². The summed E-state index contributed by atoms with van der Waals surface area (Å²) in [6.07, 6.45) is 33.0. The molecule has 4 nitrogen and oxygen atoms in total. The van der Waals surface area contributed by atoms with Crippen molar-refractivity contribution in [3.8, 4) is 5.75 Å². The van der Waals surface area contributed by atoms with Gasteiger partial charge in [0, 0.05) is 19.0 Å². The zero-order valence-corrected chi connectivity index (χ0v) is 27.7. The lowest BCUT2D eigenvalue weighted by molar-refractivity contribution is -0.890. The maximum Gasteiger partial charge on any atom is 0.244 e. The number of methoxy groups -OCH3 is 1. The minimum absolute atomic E-state index is 0.0276. The molecule has 1 aromatic carbocycles. The molecule has 1 rings (SSSR count). The van der Waals surface area contributed by atoms with Crippen molar-refractivity contribution in [2.24, 2.45) is 0 Å². The van der Waals surface area contributed by atoms with E-state index in [0.717, 1.165) is 35.3 Å². The van der Waals surface area contributed by atoms with Crippen LogP contribution in [0.25, 0.3) is 6.08 Å². The van der Waals surface area contributed by atoms with Gasteiger partial charge >= 0.3 is 0 Å². The lowest BCUT2D eigenvalue weighted by atomic mass is 10.0. The zero-order chi connectivity index (χ0) is 29.9. The highest BCUT2D eigenvalue weighted by Crippen LogP contribution is 2.15. The summed E-state index contributed by atoms with van der Waals surface area (Å²) in [7, 11) is 6.29. The number of carbonyl (C=O) groups excluding carboxylic acids is 1. The van der Waals surface area contributed by atoms with E-state index in [1.165, 1.54) is 135 Å². The molecule has 0 aliphatic rings. The fourth-order valence-electron chi connectivity index (χ4n) is 5.57. The highest BCUT2D eigenvalue weighted by atomic mass is 16.5. The number of quaternary nitrogens is 1. The molecule has 0 aromatic heterocycles. The Morgan fingerprint density at radius 3 is 1.51 bits per heavy atom. The smallest absolute Gasteiger partial charge is 0.244 e. The molecule has 1 amide bonds. The summed E-state index contributed by atoms with van der Waals surface area (Å²) in [5, 5.41) is 3.02. The average molecular weight is 572 g/mol. The quantitative estimate of drug-likeness (QED) is 0.0617. The van der Waals surface area contributed by atoms with Crippen molar-refractivity contribution >= 4 is 12.0 Å². The molecule has 0 saturated carbocycles. The largest absolute Gasteiger partial charge is 0.497 e. The number of rotatable bonds is 28. The van der Waals surface area contributed by atoms with Crippen molar-refractivity contribution in [1.82, 2.24) is 5.32 Å². The van der Waals surface area contributed by atoms with Gasteiger partial charge < -0.3 is 14.5 Å². The van der Waals surface area contributed by atoms with Gasteiger partial charge in [0.25, 0.3) is 0 Å².